The highest BCUT2D eigenvalue weighted by Crippen LogP contribution is 2.41. The van der Waals surface area contributed by atoms with E-state index in [1.807, 2.05) is 14.1 Å². The topological polar surface area (TPSA) is 95.2 Å². The fraction of sp³-hybridized carbons (Fsp3) is 0.278. The summed E-state index contributed by atoms with van der Waals surface area (Å²) >= 11 is 1.28. The van der Waals surface area contributed by atoms with E-state index >= 15 is 0 Å². The van der Waals surface area contributed by atoms with Crippen molar-refractivity contribution in [2.75, 3.05) is 21.2 Å². The van der Waals surface area contributed by atoms with Crippen molar-refractivity contribution >= 4 is 50.3 Å². The Morgan fingerprint density at radius 1 is 1.27 bits per heavy atom. The minimum atomic E-state index is -0.459. The van der Waals surface area contributed by atoms with Gasteiger partial charge in [-0.3, -0.25) is 4.98 Å². The first-order valence-electron chi connectivity index (χ1n) is 7.87. The first-order chi connectivity index (χ1) is 12.5. The Kier molecular flexibility index (Phi) is 5.17. The first-order valence-corrected chi connectivity index (χ1v) is 8.69. The second kappa shape index (κ2) is 7.36. The molecule has 0 radical (unpaired) electrons. The Morgan fingerprint density at radius 3 is 2.58 bits per heavy atom. The van der Waals surface area contributed by atoms with Crippen molar-refractivity contribution in [3.8, 4) is 0 Å². The fourth-order valence-corrected chi connectivity index (χ4v) is 3.84. The van der Waals surface area contributed by atoms with Crippen LogP contribution >= 0.6 is 11.3 Å². The monoisotopic (exact) mass is 373 g/mol. The number of hydrogen-bond donors (Lipinski definition) is 2. The molecule has 2 aromatic heterocycles. The summed E-state index contributed by atoms with van der Waals surface area (Å²) in [7, 11) is 5.01. The zero-order valence-corrected chi connectivity index (χ0v) is 15.5. The Bertz CT molecular complexity index is 1010. The second-order valence-corrected chi connectivity index (χ2v) is 6.96. The number of pyridine rings is 1. The van der Waals surface area contributed by atoms with Crippen molar-refractivity contribution in [3.63, 3.8) is 0 Å². The number of methoxy groups -OCH3 is 1. The van der Waals surface area contributed by atoms with Crippen molar-refractivity contribution in [2.45, 2.75) is 13.2 Å². The highest BCUT2D eigenvalue weighted by Gasteiger charge is 2.21. The molecule has 1 aromatic carbocycles. The van der Waals surface area contributed by atoms with E-state index in [9.17, 15) is 15.0 Å². The molecule has 0 atom stereocenters. The molecule has 0 unspecified atom stereocenters. The van der Waals surface area contributed by atoms with Crippen molar-refractivity contribution in [3.05, 3.63) is 34.3 Å². The van der Waals surface area contributed by atoms with Crippen molar-refractivity contribution in [1.82, 2.24) is 9.88 Å². The SMILES string of the molecule is COC(=O)c1sc2c(cnc3cc(CO)c(CO)cc32)c1/N=C/N(C)C. The molecule has 26 heavy (non-hydrogen) atoms. The first kappa shape index (κ1) is 18.2. The second-order valence-electron chi connectivity index (χ2n) is 5.93. The summed E-state index contributed by atoms with van der Waals surface area (Å²) in [4.78, 5) is 23.3. The molecule has 7 nitrogen and oxygen atoms in total. The molecular weight excluding hydrogens is 354 g/mol. The maximum absolute atomic E-state index is 12.2. The van der Waals surface area contributed by atoms with Crippen LogP contribution in [0.15, 0.2) is 23.3 Å². The molecule has 0 bridgehead atoms. The van der Waals surface area contributed by atoms with Crippen LogP contribution < -0.4 is 0 Å². The summed E-state index contributed by atoms with van der Waals surface area (Å²) in [6, 6.07) is 3.55. The van der Waals surface area contributed by atoms with Gasteiger partial charge in [0.05, 0.1) is 37.9 Å². The molecule has 8 heteroatoms. The molecule has 2 heterocycles. The van der Waals surface area contributed by atoms with Crippen LogP contribution in [0.25, 0.3) is 21.0 Å². The molecule has 0 amide bonds. The highest BCUT2D eigenvalue weighted by atomic mass is 32.1. The van der Waals surface area contributed by atoms with Crippen LogP contribution in [0.4, 0.5) is 5.69 Å². The van der Waals surface area contributed by atoms with Gasteiger partial charge in [-0.25, -0.2) is 9.79 Å². The Hall–Kier alpha value is -2.55. The standard InChI is InChI=1S/C18H19N3O4S/c1-21(2)9-20-15-13-6-19-14-5-11(8-23)10(7-22)4-12(14)16(13)26-17(15)18(24)25-3/h4-6,9,22-23H,7-8H2,1-3H3/b20-9+. The Labute approximate surface area is 154 Å². The van der Waals surface area contributed by atoms with E-state index in [1.165, 1.54) is 18.4 Å². The van der Waals surface area contributed by atoms with E-state index in [0.29, 0.717) is 27.2 Å². The number of benzene rings is 1. The predicted molar refractivity (Wildman–Crippen MR) is 102 cm³/mol. The maximum Gasteiger partial charge on any atom is 0.350 e. The predicted octanol–water partition coefficient (Wildman–Crippen LogP) is 2.44. The lowest BCUT2D eigenvalue weighted by Gasteiger charge is -2.07. The van der Waals surface area contributed by atoms with E-state index in [0.717, 1.165) is 15.5 Å². The lowest BCUT2D eigenvalue weighted by atomic mass is 10.0. The minimum Gasteiger partial charge on any atom is -0.465 e. The quantitative estimate of drug-likeness (QED) is 0.405. The van der Waals surface area contributed by atoms with Crippen LogP contribution in [0.3, 0.4) is 0 Å². The number of fused-ring (bicyclic) bond motifs is 3. The van der Waals surface area contributed by atoms with Crippen molar-refractivity contribution in [1.29, 1.82) is 0 Å². The maximum atomic E-state index is 12.2. The summed E-state index contributed by atoms with van der Waals surface area (Å²) in [5.74, 6) is -0.459. The normalized spacial score (nSPS) is 11.6. The van der Waals surface area contributed by atoms with Crippen LogP contribution in [-0.2, 0) is 18.0 Å². The Balaban J connectivity index is 2.35. The molecule has 0 aliphatic rings. The number of nitrogens with zero attached hydrogens (tertiary/aromatic N) is 3. The third-order valence-corrected chi connectivity index (χ3v) is 5.15. The van der Waals surface area contributed by atoms with Crippen LogP contribution in [-0.4, -0.2) is 53.6 Å². The van der Waals surface area contributed by atoms with Crippen molar-refractivity contribution in [2.24, 2.45) is 4.99 Å². The van der Waals surface area contributed by atoms with Crippen LogP contribution in [0, 0.1) is 0 Å². The lowest BCUT2D eigenvalue weighted by molar-refractivity contribution is 0.0607. The van der Waals surface area contributed by atoms with E-state index < -0.39 is 5.97 Å². The molecule has 2 N–H and O–H groups in total. The van der Waals surface area contributed by atoms with E-state index in [2.05, 4.69) is 9.98 Å². The van der Waals surface area contributed by atoms with Gasteiger partial charge in [-0.15, -0.1) is 11.3 Å². The lowest BCUT2D eigenvalue weighted by Crippen LogP contribution is -2.07. The number of aliphatic hydroxyl groups is 2. The smallest absolute Gasteiger partial charge is 0.350 e. The molecule has 0 saturated heterocycles. The zero-order chi connectivity index (χ0) is 18.8. The van der Waals surface area contributed by atoms with Gasteiger partial charge in [0.15, 0.2) is 0 Å². The third kappa shape index (κ3) is 3.14. The summed E-state index contributed by atoms with van der Waals surface area (Å²) in [6.45, 7) is -0.370. The number of aliphatic imine (C=N–C) groups is 1. The zero-order valence-electron chi connectivity index (χ0n) is 14.7. The number of carbonyl (C=O) groups is 1. The van der Waals surface area contributed by atoms with Gasteiger partial charge in [0.2, 0.25) is 0 Å². The summed E-state index contributed by atoms with van der Waals surface area (Å²) in [5.41, 5.74) is 2.44. The number of aliphatic hydroxyl groups excluding tert-OH is 2. The molecule has 3 aromatic rings. The van der Waals surface area contributed by atoms with Crippen LogP contribution in [0.1, 0.15) is 20.8 Å². The fourth-order valence-electron chi connectivity index (χ4n) is 2.68. The third-order valence-electron chi connectivity index (χ3n) is 3.94. The molecule has 0 aliphatic carbocycles. The largest absolute Gasteiger partial charge is 0.465 e. The molecule has 0 spiro atoms. The van der Waals surface area contributed by atoms with Crippen molar-refractivity contribution < 1.29 is 19.7 Å². The molecule has 0 aliphatic heterocycles. The number of rotatable bonds is 5. The molecular formula is C18H19N3O4S. The van der Waals surface area contributed by atoms with Crippen LogP contribution in [0.5, 0.6) is 0 Å². The number of hydrogen-bond acceptors (Lipinski definition) is 7. The molecule has 136 valence electrons. The van der Waals surface area contributed by atoms with Gasteiger partial charge in [0.1, 0.15) is 4.88 Å². The number of aromatic nitrogens is 1. The highest BCUT2D eigenvalue weighted by molar-refractivity contribution is 7.22. The van der Waals surface area contributed by atoms with Gasteiger partial charge < -0.3 is 19.8 Å². The van der Waals surface area contributed by atoms with Gasteiger partial charge in [-0.05, 0) is 23.3 Å². The van der Waals surface area contributed by atoms with Gasteiger partial charge >= 0.3 is 5.97 Å². The minimum absolute atomic E-state index is 0.179. The van der Waals surface area contributed by atoms with E-state index in [-0.39, 0.29) is 13.2 Å². The number of esters is 1. The van der Waals surface area contributed by atoms with Crippen LogP contribution in [0.2, 0.25) is 0 Å². The van der Waals surface area contributed by atoms with E-state index in [1.54, 1.807) is 29.6 Å². The van der Waals surface area contributed by atoms with Gasteiger partial charge in [-0.2, -0.15) is 0 Å². The van der Waals surface area contributed by atoms with Gasteiger partial charge in [0.25, 0.3) is 0 Å². The number of carbonyl (C=O) groups excluding carboxylic acids is 1. The molecule has 0 fully saturated rings. The molecule has 0 saturated carbocycles. The summed E-state index contributed by atoms with van der Waals surface area (Å²) in [6.07, 6.45) is 3.29. The average Bonchev–Trinajstić information content (AvgIpc) is 3.03. The average molecular weight is 373 g/mol. The van der Waals surface area contributed by atoms with Gasteiger partial charge in [0, 0.05) is 35.8 Å². The summed E-state index contributed by atoms with van der Waals surface area (Å²) < 4.78 is 5.73. The number of thiophene rings is 1. The summed E-state index contributed by atoms with van der Waals surface area (Å²) in [5, 5.41) is 20.6. The van der Waals surface area contributed by atoms with E-state index in [4.69, 9.17) is 4.74 Å². The molecule has 3 rings (SSSR count). The van der Waals surface area contributed by atoms with Gasteiger partial charge in [-0.1, -0.05) is 0 Å². The number of ether oxygens (including phenoxy) is 1. The Morgan fingerprint density at radius 2 is 1.96 bits per heavy atom.